The lowest BCUT2D eigenvalue weighted by molar-refractivity contribution is 0.396. The number of rotatable bonds is 1. The van der Waals surface area contributed by atoms with Crippen LogP contribution in [0.3, 0.4) is 0 Å². The number of hydrogen-bond donors (Lipinski definition) is 1. The summed E-state index contributed by atoms with van der Waals surface area (Å²) in [6.07, 6.45) is 3.96. The first-order chi connectivity index (χ1) is 7.81. The summed E-state index contributed by atoms with van der Waals surface area (Å²) in [5.41, 5.74) is 2.70. The monoisotopic (exact) mass is 329 g/mol. The molecule has 1 saturated carbocycles. The highest BCUT2D eigenvalue weighted by Crippen LogP contribution is 2.48. The average Bonchev–Trinajstić information content (AvgIpc) is 2.29. The third-order valence-corrected chi connectivity index (χ3v) is 5.54. The van der Waals surface area contributed by atoms with Crippen LogP contribution < -0.4 is 10.1 Å². The average molecular weight is 329 g/mol. The van der Waals surface area contributed by atoms with Gasteiger partial charge in [0.05, 0.1) is 12.8 Å². The van der Waals surface area contributed by atoms with Crippen LogP contribution >= 0.6 is 22.6 Å². The molecule has 1 aromatic rings. The molecule has 2 bridgehead atoms. The van der Waals surface area contributed by atoms with Crippen LogP contribution in [0.15, 0.2) is 18.2 Å². The van der Waals surface area contributed by atoms with Crippen LogP contribution in [0.4, 0.5) is 5.69 Å². The molecule has 0 saturated heterocycles. The minimum atomic E-state index is 0.628. The first kappa shape index (κ1) is 10.7. The van der Waals surface area contributed by atoms with Gasteiger partial charge in [0.1, 0.15) is 5.75 Å². The second-order valence-corrected chi connectivity index (χ2v) is 6.10. The summed E-state index contributed by atoms with van der Waals surface area (Å²) < 4.78 is 6.18. The molecule has 2 aliphatic rings. The van der Waals surface area contributed by atoms with Gasteiger partial charge in [0.25, 0.3) is 0 Å². The van der Waals surface area contributed by atoms with E-state index in [1.807, 2.05) is 0 Å². The highest BCUT2D eigenvalue weighted by atomic mass is 127. The second kappa shape index (κ2) is 4.09. The molecule has 86 valence electrons. The third-order valence-electron chi connectivity index (χ3n) is 3.81. The number of ether oxygens (including phenoxy) is 1. The summed E-state index contributed by atoms with van der Waals surface area (Å²) in [4.78, 5) is 0. The summed E-state index contributed by atoms with van der Waals surface area (Å²) in [5, 5.41) is 3.67. The van der Waals surface area contributed by atoms with Crippen molar-refractivity contribution < 1.29 is 4.74 Å². The maximum absolute atomic E-state index is 5.45. The summed E-state index contributed by atoms with van der Waals surface area (Å²) in [6.45, 7) is 0. The SMILES string of the molecule is COc1cccc2c1NC1CCCC2C1I. The molecule has 1 heterocycles. The summed E-state index contributed by atoms with van der Waals surface area (Å²) >= 11 is 2.61. The highest BCUT2D eigenvalue weighted by Gasteiger charge is 2.38. The fourth-order valence-electron chi connectivity index (χ4n) is 3.00. The van der Waals surface area contributed by atoms with Crippen molar-refractivity contribution >= 4 is 28.3 Å². The number of methoxy groups -OCH3 is 1. The maximum atomic E-state index is 5.45. The van der Waals surface area contributed by atoms with E-state index in [1.165, 1.54) is 30.5 Å². The van der Waals surface area contributed by atoms with Gasteiger partial charge in [-0.15, -0.1) is 0 Å². The molecule has 1 aliphatic carbocycles. The quantitative estimate of drug-likeness (QED) is 0.628. The lowest BCUT2D eigenvalue weighted by Crippen LogP contribution is -2.41. The van der Waals surface area contributed by atoms with E-state index in [1.54, 1.807) is 7.11 Å². The largest absolute Gasteiger partial charge is 0.495 e. The van der Waals surface area contributed by atoms with E-state index in [0.29, 0.717) is 12.0 Å². The number of alkyl halides is 1. The number of hydrogen-bond acceptors (Lipinski definition) is 2. The third kappa shape index (κ3) is 1.51. The standard InChI is InChI=1S/C13H16INO/c1-16-11-7-3-5-9-8-4-2-6-10(12(8)14)15-13(9)11/h3,5,7-8,10,12,15H,2,4,6H2,1H3. The van der Waals surface area contributed by atoms with Gasteiger partial charge >= 0.3 is 0 Å². The molecular weight excluding hydrogens is 313 g/mol. The highest BCUT2D eigenvalue weighted by molar-refractivity contribution is 14.1. The molecule has 0 aromatic heterocycles. The normalized spacial score (nSPS) is 31.5. The Bertz CT molecular complexity index is 407. The molecular formula is C13H16INO. The molecule has 0 radical (unpaired) electrons. The van der Waals surface area contributed by atoms with Crippen molar-refractivity contribution in [2.75, 3.05) is 12.4 Å². The summed E-state index contributed by atoms with van der Waals surface area (Å²) in [7, 11) is 1.75. The fourth-order valence-corrected chi connectivity index (χ4v) is 4.29. The van der Waals surface area contributed by atoms with Gasteiger partial charge in [-0.3, -0.25) is 0 Å². The Hall–Kier alpha value is -0.450. The first-order valence-corrected chi connectivity index (χ1v) is 7.13. The Kier molecular flexibility index (Phi) is 2.73. The number of fused-ring (bicyclic) bond motifs is 4. The van der Waals surface area contributed by atoms with Crippen LogP contribution in [-0.4, -0.2) is 17.1 Å². The number of anilines is 1. The van der Waals surface area contributed by atoms with Gasteiger partial charge in [-0.25, -0.2) is 0 Å². The molecule has 2 nitrogen and oxygen atoms in total. The molecule has 3 unspecified atom stereocenters. The van der Waals surface area contributed by atoms with Crippen LogP contribution in [0.2, 0.25) is 0 Å². The zero-order valence-corrected chi connectivity index (χ0v) is 11.5. The molecule has 3 rings (SSSR count). The zero-order chi connectivity index (χ0) is 11.1. The fraction of sp³-hybridized carbons (Fsp3) is 0.538. The Morgan fingerprint density at radius 1 is 1.38 bits per heavy atom. The van der Waals surface area contributed by atoms with Crippen molar-refractivity contribution in [2.24, 2.45) is 0 Å². The minimum Gasteiger partial charge on any atom is -0.495 e. The maximum Gasteiger partial charge on any atom is 0.142 e. The molecule has 3 atom stereocenters. The topological polar surface area (TPSA) is 21.3 Å². The van der Waals surface area contributed by atoms with E-state index in [4.69, 9.17) is 4.74 Å². The number of benzene rings is 1. The van der Waals surface area contributed by atoms with Crippen molar-refractivity contribution in [1.29, 1.82) is 0 Å². The van der Waals surface area contributed by atoms with E-state index in [0.717, 1.165) is 9.67 Å². The van der Waals surface area contributed by atoms with E-state index in [-0.39, 0.29) is 0 Å². The first-order valence-electron chi connectivity index (χ1n) is 5.89. The molecule has 16 heavy (non-hydrogen) atoms. The Labute approximate surface area is 110 Å². The predicted molar refractivity (Wildman–Crippen MR) is 74.8 cm³/mol. The van der Waals surface area contributed by atoms with Crippen molar-refractivity contribution in [3.8, 4) is 5.75 Å². The van der Waals surface area contributed by atoms with Gasteiger partial charge in [0.15, 0.2) is 0 Å². The van der Waals surface area contributed by atoms with Crippen LogP contribution in [-0.2, 0) is 0 Å². The van der Waals surface area contributed by atoms with Gasteiger partial charge in [-0.05, 0) is 30.4 Å². The molecule has 1 N–H and O–H groups in total. The van der Waals surface area contributed by atoms with Crippen molar-refractivity contribution in [3.05, 3.63) is 23.8 Å². The number of para-hydroxylation sites is 1. The van der Waals surface area contributed by atoms with Crippen molar-refractivity contribution in [3.63, 3.8) is 0 Å². The second-order valence-electron chi connectivity index (χ2n) is 4.66. The van der Waals surface area contributed by atoms with Gasteiger partial charge < -0.3 is 10.1 Å². The van der Waals surface area contributed by atoms with Crippen LogP contribution in [0.5, 0.6) is 5.75 Å². The minimum absolute atomic E-state index is 0.628. The van der Waals surface area contributed by atoms with Gasteiger partial charge in [-0.1, -0.05) is 41.1 Å². The van der Waals surface area contributed by atoms with Crippen molar-refractivity contribution in [2.45, 2.75) is 35.1 Å². The van der Waals surface area contributed by atoms with Gasteiger partial charge in [0.2, 0.25) is 0 Å². The zero-order valence-electron chi connectivity index (χ0n) is 9.37. The molecule has 3 heteroatoms. The molecule has 0 spiro atoms. The van der Waals surface area contributed by atoms with Crippen LogP contribution in [0.25, 0.3) is 0 Å². The van der Waals surface area contributed by atoms with E-state index in [9.17, 15) is 0 Å². The number of nitrogens with one attached hydrogen (secondary N) is 1. The Balaban J connectivity index is 2.10. The van der Waals surface area contributed by atoms with Gasteiger partial charge in [-0.2, -0.15) is 0 Å². The number of halogens is 1. The smallest absolute Gasteiger partial charge is 0.142 e. The molecule has 1 aromatic carbocycles. The summed E-state index contributed by atoms with van der Waals surface area (Å²) in [5.74, 6) is 1.71. The van der Waals surface area contributed by atoms with Crippen LogP contribution in [0, 0.1) is 0 Å². The molecule has 0 amide bonds. The van der Waals surface area contributed by atoms with Gasteiger partial charge in [0, 0.05) is 9.97 Å². The lowest BCUT2D eigenvalue weighted by atomic mass is 9.77. The van der Waals surface area contributed by atoms with E-state index >= 15 is 0 Å². The summed E-state index contributed by atoms with van der Waals surface area (Å²) in [6, 6.07) is 7.04. The Morgan fingerprint density at radius 3 is 3.06 bits per heavy atom. The van der Waals surface area contributed by atoms with E-state index in [2.05, 4.69) is 46.1 Å². The van der Waals surface area contributed by atoms with Crippen molar-refractivity contribution in [1.82, 2.24) is 0 Å². The lowest BCUT2D eigenvalue weighted by Gasteiger charge is -2.42. The molecule has 1 aliphatic heterocycles. The molecule has 1 fully saturated rings. The predicted octanol–water partition coefficient (Wildman–Crippen LogP) is 3.56. The Morgan fingerprint density at radius 2 is 2.25 bits per heavy atom. The van der Waals surface area contributed by atoms with E-state index < -0.39 is 0 Å². The van der Waals surface area contributed by atoms with Crippen LogP contribution in [0.1, 0.15) is 30.7 Å².